The zero-order valence-electron chi connectivity index (χ0n) is 43.8. The molecule has 0 unspecified atom stereocenters. The number of hydrogen-bond acceptors (Lipinski definition) is 8. The molecular formula is C57H108O7SSe. The zero-order valence-corrected chi connectivity index (χ0v) is 46.4. The second-order valence-corrected chi connectivity index (χ2v) is 21.4. The third kappa shape index (κ3) is 69.0. The van der Waals surface area contributed by atoms with Gasteiger partial charge in [0, 0.05) is 24.5 Å². The first-order valence-electron chi connectivity index (χ1n) is 27.5. The van der Waals surface area contributed by atoms with Crippen LogP contribution in [0.4, 0.5) is 0 Å². The van der Waals surface area contributed by atoms with Gasteiger partial charge in [-0.25, -0.2) is 9.59 Å². The van der Waals surface area contributed by atoms with E-state index in [4.69, 9.17) is 18.9 Å². The minimum Gasteiger partial charge on any atom is -0.0654 e. The molecule has 7 nitrogen and oxygen atoms in total. The van der Waals surface area contributed by atoms with Crippen molar-refractivity contribution in [2.45, 2.75) is 263 Å². The van der Waals surface area contributed by atoms with Crippen molar-refractivity contribution in [2.75, 3.05) is 44.5 Å². The molecule has 0 rings (SSSR count). The van der Waals surface area contributed by atoms with Crippen molar-refractivity contribution in [2.24, 2.45) is 0 Å². The fourth-order valence-corrected chi connectivity index (χ4v) is 9.74. The Morgan fingerprint density at radius 1 is 0.348 bits per heavy atom. The predicted octanol–water partition coefficient (Wildman–Crippen LogP) is 17.5. The standard InChI is InChI=1S/C19H36O3.C19H36O2S.C19H36O2Se/c1-3-5-6-7-8-9-10-11-12-13-14-15-16-21-17-18-22-19(20)4-2;2*1-3-5-6-7-8-9-10-11-12-13-14-15-17-22-18-16-21-19(20)4-2/h3*4H,2-3,5-18H2,1H3. The van der Waals surface area contributed by atoms with E-state index in [2.05, 4.69) is 40.5 Å². The molecule has 0 saturated heterocycles. The monoisotopic (exact) mass is 1020 g/mol. The number of rotatable bonds is 51. The minimum absolute atomic E-state index is 0.291. The van der Waals surface area contributed by atoms with Crippen molar-refractivity contribution in [1.29, 1.82) is 0 Å². The molecule has 66 heavy (non-hydrogen) atoms. The van der Waals surface area contributed by atoms with Crippen molar-refractivity contribution in [3.63, 3.8) is 0 Å². The second-order valence-electron chi connectivity index (χ2n) is 17.6. The van der Waals surface area contributed by atoms with E-state index in [1.165, 1.54) is 254 Å². The first-order chi connectivity index (χ1) is 32.4. The molecule has 0 atom stereocenters. The Balaban J connectivity index is -0.000000902. The maximum atomic E-state index is 10.8. The Kier molecular flexibility index (Phi) is 68.2. The average molecular weight is 1020 g/mol. The van der Waals surface area contributed by atoms with Crippen LogP contribution in [-0.2, 0) is 33.3 Å². The van der Waals surface area contributed by atoms with E-state index in [1.54, 1.807) is 0 Å². The molecule has 0 aromatic rings. The van der Waals surface area contributed by atoms with Gasteiger partial charge in [0.1, 0.15) is 13.2 Å². The molecular weight excluding hydrogens is 908 g/mol. The van der Waals surface area contributed by atoms with Gasteiger partial charge in [-0.15, -0.1) is 0 Å². The number of esters is 3. The third-order valence-electron chi connectivity index (χ3n) is 11.3. The number of thioether (sulfide) groups is 1. The van der Waals surface area contributed by atoms with Crippen LogP contribution in [0.2, 0.25) is 10.6 Å². The molecule has 0 aliphatic rings. The van der Waals surface area contributed by atoms with Crippen molar-refractivity contribution in [3.05, 3.63) is 38.0 Å². The Morgan fingerprint density at radius 2 is 0.667 bits per heavy atom. The van der Waals surface area contributed by atoms with Crippen LogP contribution in [0, 0.1) is 0 Å². The first kappa shape index (κ1) is 68.7. The smallest absolute Gasteiger partial charge is 0.0654 e. The summed E-state index contributed by atoms with van der Waals surface area (Å²) in [6, 6.07) is 0. The van der Waals surface area contributed by atoms with Crippen LogP contribution in [0.25, 0.3) is 0 Å². The Bertz CT molecular complexity index is 886. The summed E-state index contributed by atoms with van der Waals surface area (Å²) in [5.74, 6) is 1.10. The van der Waals surface area contributed by atoms with Gasteiger partial charge in [0.2, 0.25) is 0 Å². The normalized spacial score (nSPS) is 10.6. The van der Waals surface area contributed by atoms with Crippen molar-refractivity contribution in [1.82, 2.24) is 0 Å². The summed E-state index contributed by atoms with van der Waals surface area (Å²) in [6.07, 6.45) is 53.5. The summed E-state index contributed by atoms with van der Waals surface area (Å²) in [7, 11) is 0. The molecule has 0 N–H and O–H groups in total. The second kappa shape index (κ2) is 65.5. The van der Waals surface area contributed by atoms with Crippen LogP contribution >= 0.6 is 11.8 Å². The Hall–Kier alpha value is -1.54. The van der Waals surface area contributed by atoms with Crippen LogP contribution in [0.3, 0.4) is 0 Å². The summed E-state index contributed by atoms with van der Waals surface area (Å²) in [6.45, 7) is 19.6. The fourth-order valence-electron chi connectivity index (χ4n) is 7.22. The molecule has 0 spiro atoms. The molecule has 0 aliphatic carbocycles. The van der Waals surface area contributed by atoms with Crippen LogP contribution in [-0.4, -0.2) is 77.4 Å². The quantitative estimate of drug-likeness (QED) is 0.0196. The molecule has 0 saturated carbocycles. The molecule has 9 heteroatoms. The van der Waals surface area contributed by atoms with Gasteiger partial charge in [-0.1, -0.05) is 182 Å². The van der Waals surface area contributed by atoms with E-state index in [0.717, 1.165) is 24.1 Å². The molecule has 0 radical (unpaired) electrons. The molecule has 390 valence electrons. The maximum absolute atomic E-state index is 10.8. The van der Waals surface area contributed by atoms with Crippen molar-refractivity contribution < 1.29 is 33.3 Å². The van der Waals surface area contributed by atoms with Gasteiger partial charge >= 0.3 is 143 Å². The van der Waals surface area contributed by atoms with Crippen molar-refractivity contribution in [3.8, 4) is 0 Å². The van der Waals surface area contributed by atoms with Gasteiger partial charge in [0.15, 0.2) is 0 Å². The van der Waals surface area contributed by atoms with E-state index < -0.39 is 0 Å². The summed E-state index contributed by atoms with van der Waals surface area (Å²) in [4.78, 5) is 32.4. The SMILES string of the molecule is C=CC(=O)OCCOCCCCCCCCCCCCCC.C=CC(=O)OCCSCCCCCCCCCCCCCC.C=CC(=O)OCC[Se]CCCCCCCCCCCCCC. The molecule has 0 heterocycles. The average Bonchev–Trinajstić information content (AvgIpc) is 3.33. The van der Waals surface area contributed by atoms with Gasteiger partial charge in [0.05, 0.1) is 6.61 Å². The topological polar surface area (TPSA) is 88.1 Å². The summed E-state index contributed by atoms with van der Waals surface area (Å²) in [5, 5.41) is 2.38. The minimum atomic E-state index is -0.381. The first-order valence-corrected chi connectivity index (χ1v) is 31.1. The number of carbonyl (C=O) groups excluding carboxylic acids is 3. The number of carbonyl (C=O) groups is 3. The Labute approximate surface area is 420 Å². The fraction of sp³-hybridized carbons (Fsp3) is 0.842. The molecule has 0 aliphatic heterocycles. The van der Waals surface area contributed by atoms with Crippen LogP contribution in [0.5, 0.6) is 0 Å². The van der Waals surface area contributed by atoms with Crippen LogP contribution < -0.4 is 0 Å². The van der Waals surface area contributed by atoms with Gasteiger partial charge in [-0.05, 0) is 18.6 Å². The zero-order chi connectivity index (χ0) is 48.9. The van der Waals surface area contributed by atoms with E-state index in [1.807, 2.05) is 11.8 Å². The summed E-state index contributed by atoms with van der Waals surface area (Å²) in [5.41, 5.74) is 0. The van der Waals surface area contributed by atoms with Gasteiger partial charge < -0.3 is 14.2 Å². The van der Waals surface area contributed by atoms with Crippen molar-refractivity contribution >= 4 is 44.6 Å². The van der Waals surface area contributed by atoms with Crippen LogP contribution in [0.1, 0.15) is 252 Å². The molecule has 0 aromatic heterocycles. The summed E-state index contributed by atoms with van der Waals surface area (Å²) >= 11 is 2.51. The number of ether oxygens (including phenoxy) is 4. The van der Waals surface area contributed by atoms with E-state index in [-0.39, 0.29) is 17.9 Å². The predicted molar refractivity (Wildman–Crippen MR) is 290 cm³/mol. The third-order valence-corrected chi connectivity index (χ3v) is 14.5. The molecule has 0 fully saturated rings. The van der Waals surface area contributed by atoms with E-state index in [0.29, 0.717) is 41.4 Å². The molecule has 0 aromatic carbocycles. The number of unbranched alkanes of at least 4 members (excludes halogenated alkanes) is 33. The Morgan fingerprint density at radius 3 is 1.05 bits per heavy atom. The summed E-state index contributed by atoms with van der Waals surface area (Å²) < 4.78 is 20.1. The number of hydrogen-bond donors (Lipinski definition) is 0. The van der Waals surface area contributed by atoms with Crippen LogP contribution in [0.15, 0.2) is 38.0 Å². The van der Waals surface area contributed by atoms with Gasteiger partial charge in [-0.2, -0.15) is 11.8 Å². The van der Waals surface area contributed by atoms with E-state index in [9.17, 15) is 14.4 Å². The van der Waals surface area contributed by atoms with E-state index >= 15 is 0 Å². The van der Waals surface area contributed by atoms with Gasteiger partial charge in [0.25, 0.3) is 0 Å². The molecule has 0 bridgehead atoms. The molecule has 0 amide bonds. The van der Waals surface area contributed by atoms with Gasteiger partial charge in [-0.3, -0.25) is 0 Å².